The standard InChI is InChI=1S/C21H33F3N4O2.HI/c1-16-12-28(13-17(2)30-16)10-4-9-26-20(25-3)27-11-18-5-7-19(8-6-18)14-29-15-21(22,23)24;/h5-8,16-17H,4,9-15H2,1-3H3,(H2,25,26,27);1H. The molecule has 1 fully saturated rings. The van der Waals surface area contributed by atoms with E-state index in [2.05, 4.69) is 39.1 Å². The van der Waals surface area contributed by atoms with Crippen LogP contribution in [0.25, 0.3) is 0 Å². The number of aliphatic imine (C=N–C) groups is 1. The topological polar surface area (TPSA) is 58.1 Å². The second-order valence-electron chi connectivity index (χ2n) is 7.65. The molecule has 0 radical (unpaired) electrons. The first-order valence-corrected chi connectivity index (χ1v) is 10.3. The van der Waals surface area contributed by atoms with Crippen LogP contribution in [0.1, 0.15) is 31.4 Å². The van der Waals surface area contributed by atoms with E-state index in [1.54, 1.807) is 19.2 Å². The molecule has 0 bridgehead atoms. The van der Waals surface area contributed by atoms with Crippen molar-refractivity contribution in [2.75, 3.05) is 39.8 Å². The Labute approximate surface area is 200 Å². The maximum atomic E-state index is 12.1. The summed E-state index contributed by atoms with van der Waals surface area (Å²) in [6.07, 6.45) is -2.74. The van der Waals surface area contributed by atoms with Gasteiger partial charge in [-0.25, -0.2) is 0 Å². The van der Waals surface area contributed by atoms with Crippen LogP contribution in [0.4, 0.5) is 13.2 Å². The molecule has 1 heterocycles. The molecule has 0 aliphatic carbocycles. The molecule has 1 aliphatic rings. The van der Waals surface area contributed by atoms with Crippen LogP contribution in [0.3, 0.4) is 0 Å². The fraction of sp³-hybridized carbons (Fsp3) is 0.667. The quantitative estimate of drug-likeness (QED) is 0.210. The van der Waals surface area contributed by atoms with Crippen molar-refractivity contribution in [3.8, 4) is 0 Å². The summed E-state index contributed by atoms with van der Waals surface area (Å²) in [6.45, 7) is 7.25. The molecule has 2 atom stereocenters. The zero-order valence-corrected chi connectivity index (χ0v) is 20.7. The fourth-order valence-electron chi connectivity index (χ4n) is 3.42. The number of alkyl halides is 3. The van der Waals surface area contributed by atoms with Gasteiger partial charge >= 0.3 is 6.18 Å². The van der Waals surface area contributed by atoms with E-state index >= 15 is 0 Å². The van der Waals surface area contributed by atoms with E-state index in [1.165, 1.54) is 0 Å². The number of halogens is 4. The molecule has 1 aliphatic heterocycles. The second kappa shape index (κ2) is 14.1. The summed E-state index contributed by atoms with van der Waals surface area (Å²) in [5, 5.41) is 6.56. The molecule has 2 rings (SSSR count). The molecule has 0 saturated carbocycles. The smallest absolute Gasteiger partial charge is 0.373 e. The van der Waals surface area contributed by atoms with Gasteiger partial charge in [-0.3, -0.25) is 9.89 Å². The van der Waals surface area contributed by atoms with E-state index < -0.39 is 12.8 Å². The molecule has 0 aromatic heterocycles. The maximum absolute atomic E-state index is 12.1. The van der Waals surface area contributed by atoms with Gasteiger partial charge in [0.2, 0.25) is 0 Å². The van der Waals surface area contributed by atoms with E-state index in [1.807, 2.05) is 12.1 Å². The number of morpholine rings is 1. The zero-order valence-electron chi connectivity index (χ0n) is 18.4. The van der Waals surface area contributed by atoms with E-state index in [9.17, 15) is 13.2 Å². The average Bonchev–Trinajstić information content (AvgIpc) is 2.67. The van der Waals surface area contributed by atoms with Crippen LogP contribution in [0.5, 0.6) is 0 Å². The van der Waals surface area contributed by atoms with Crippen molar-refractivity contribution in [1.29, 1.82) is 0 Å². The molecule has 178 valence electrons. The van der Waals surface area contributed by atoms with E-state index in [4.69, 9.17) is 4.74 Å². The summed E-state index contributed by atoms with van der Waals surface area (Å²) in [4.78, 5) is 6.65. The zero-order chi connectivity index (χ0) is 22.0. The first-order valence-electron chi connectivity index (χ1n) is 10.3. The molecular weight excluding hydrogens is 524 g/mol. The molecule has 1 aromatic carbocycles. The summed E-state index contributed by atoms with van der Waals surface area (Å²) in [5.74, 6) is 0.719. The van der Waals surface area contributed by atoms with Crippen molar-refractivity contribution < 1.29 is 22.6 Å². The molecule has 1 aromatic rings. The Morgan fingerprint density at radius 1 is 1.13 bits per heavy atom. The molecule has 6 nitrogen and oxygen atoms in total. The Hall–Kier alpha value is -1.11. The van der Waals surface area contributed by atoms with Gasteiger partial charge < -0.3 is 20.1 Å². The van der Waals surface area contributed by atoms with Crippen molar-refractivity contribution >= 4 is 29.9 Å². The Balaban J connectivity index is 0.00000480. The minimum atomic E-state index is -4.30. The Kier molecular flexibility index (Phi) is 12.7. The molecule has 0 spiro atoms. The molecule has 0 amide bonds. The molecule has 10 heteroatoms. The van der Waals surface area contributed by atoms with E-state index in [0.717, 1.165) is 44.1 Å². The number of rotatable bonds is 9. The van der Waals surface area contributed by atoms with Crippen molar-refractivity contribution in [3.63, 3.8) is 0 Å². The largest absolute Gasteiger partial charge is 0.411 e. The molecule has 2 N–H and O–H groups in total. The fourth-order valence-corrected chi connectivity index (χ4v) is 3.42. The Morgan fingerprint density at radius 3 is 2.32 bits per heavy atom. The third kappa shape index (κ3) is 11.9. The summed E-state index contributed by atoms with van der Waals surface area (Å²) < 4.78 is 46.8. The average molecular weight is 558 g/mol. The van der Waals surface area contributed by atoms with Crippen molar-refractivity contribution in [2.45, 2.75) is 51.8 Å². The van der Waals surface area contributed by atoms with Gasteiger partial charge in [0.05, 0.1) is 18.8 Å². The third-order valence-corrected chi connectivity index (χ3v) is 4.68. The molecule has 31 heavy (non-hydrogen) atoms. The molecule has 2 unspecified atom stereocenters. The summed E-state index contributed by atoms with van der Waals surface area (Å²) in [7, 11) is 1.72. The highest BCUT2D eigenvalue weighted by molar-refractivity contribution is 14.0. The number of ether oxygens (including phenoxy) is 2. The van der Waals surface area contributed by atoms with Gasteiger partial charge in [-0.2, -0.15) is 13.2 Å². The Bertz CT molecular complexity index is 649. The van der Waals surface area contributed by atoms with Gasteiger partial charge in [-0.05, 0) is 31.4 Å². The van der Waals surface area contributed by atoms with Gasteiger partial charge in [0.15, 0.2) is 5.96 Å². The number of guanidine groups is 1. The Morgan fingerprint density at radius 2 is 1.74 bits per heavy atom. The van der Waals surface area contributed by atoms with E-state index in [-0.39, 0.29) is 42.8 Å². The first kappa shape index (κ1) is 27.9. The highest BCUT2D eigenvalue weighted by Crippen LogP contribution is 2.16. The van der Waals surface area contributed by atoms with Crippen LogP contribution in [0.15, 0.2) is 29.3 Å². The van der Waals surface area contributed by atoms with Gasteiger partial charge in [0, 0.05) is 39.8 Å². The minimum absolute atomic E-state index is 0. The number of benzene rings is 1. The van der Waals surface area contributed by atoms with Crippen LogP contribution >= 0.6 is 24.0 Å². The number of nitrogens with zero attached hydrogens (tertiary/aromatic N) is 2. The lowest BCUT2D eigenvalue weighted by Gasteiger charge is -2.35. The lowest BCUT2D eigenvalue weighted by atomic mass is 10.1. The van der Waals surface area contributed by atoms with Crippen molar-refractivity contribution in [2.24, 2.45) is 4.99 Å². The van der Waals surface area contributed by atoms with Crippen LogP contribution < -0.4 is 10.6 Å². The predicted octanol–water partition coefficient (Wildman–Crippen LogP) is 3.55. The van der Waals surface area contributed by atoms with Crippen molar-refractivity contribution in [3.05, 3.63) is 35.4 Å². The van der Waals surface area contributed by atoms with E-state index in [0.29, 0.717) is 12.1 Å². The predicted molar refractivity (Wildman–Crippen MR) is 127 cm³/mol. The van der Waals surface area contributed by atoms with Crippen LogP contribution in [0.2, 0.25) is 0 Å². The monoisotopic (exact) mass is 558 g/mol. The van der Waals surface area contributed by atoms with Gasteiger partial charge in [0.1, 0.15) is 6.61 Å². The lowest BCUT2D eigenvalue weighted by molar-refractivity contribution is -0.176. The summed E-state index contributed by atoms with van der Waals surface area (Å²) in [6, 6.07) is 7.28. The lowest BCUT2D eigenvalue weighted by Crippen LogP contribution is -2.46. The summed E-state index contributed by atoms with van der Waals surface area (Å²) in [5.41, 5.74) is 1.71. The normalized spacial score (nSPS) is 20.3. The third-order valence-electron chi connectivity index (χ3n) is 4.68. The molecular formula is C21H34F3IN4O2. The number of nitrogens with one attached hydrogen (secondary N) is 2. The number of hydrogen-bond acceptors (Lipinski definition) is 4. The van der Waals surface area contributed by atoms with Crippen LogP contribution in [-0.4, -0.2) is 69.1 Å². The maximum Gasteiger partial charge on any atom is 0.411 e. The highest BCUT2D eigenvalue weighted by Gasteiger charge is 2.27. The van der Waals surface area contributed by atoms with Gasteiger partial charge in [-0.15, -0.1) is 24.0 Å². The first-order chi connectivity index (χ1) is 14.2. The summed E-state index contributed by atoms with van der Waals surface area (Å²) >= 11 is 0. The minimum Gasteiger partial charge on any atom is -0.373 e. The highest BCUT2D eigenvalue weighted by atomic mass is 127. The molecule has 1 saturated heterocycles. The van der Waals surface area contributed by atoms with Crippen LogP contribution in [-0.2, 0) is 22.6 Å². The van der Waals surface area contributed by atoms with Crippen molar-refractivity contribution in [1.82, 2.24) is 15.5 Å². The second-order valence-corrected chi connectivity index (χ2v) is 7.65. The number of hydrogen-bond donors (Lipinski definition) is 2. The van der Waals surface area contributed by atoms with Gasteiger partial charge in [-0.1, -0.05) is 24.3 Å². The van der Waals surface area contributed by atoms with Crippen LogP contribution in [0, 0.1) is 0 Å². The SMILES string of the molecule is CN=C(NCCCN1CC(C)OC(C)C1)NCc1ccc(COCC(F)(F)F)cc1.I. The van der Waals surface area contributed by atoms with Gasteiger partial charge in [0.25, 0.3) is 0 Å².